The van der Waals surface area contributed by atoms with Gasteiger partial charge in [0.25, 0.3) is 5.91 Å². The molecule has 2 aliphatic rings. The zero-order valence-corrected chi connectivity index (χ0v) is 20.2. The van der Waals surface area contributed by atoms with E-state index in [0.29, 0.717) is 42.8 Å². The number of nitrogens with zero attached hydrogens (tertiary/aromatic N) is 1. The summed E-state index contributed by atoms with van der Waals surface area (Å²) in [5.41, 5.74) is 0.939. The smallest absolute Gasteiger partial charge is 0.336 e. The Balaban J connectivity index is 1.35. The van der Waals surface area contributed by atoms with Crippen molar-refractivity contribution in [1.29, 1.82) is 0 Å². The van der Waals surface area contributed by atoms with Crippen molar-refractivity contribution in [3.8, 4) is 5.75 Å². The number of carbonyl (C=O) groups excluding carboxylic acids is 2. The molecule has 2 fully saturated rings. The van der Waals surface area contributed by atoms with Crippen molar-refractivity contribution in [2.75, 3.05) is 19.6 Å². The van der Waals surface area contributed by atoms with E-state index in [1.54, 1.807) is 24.8 Å². The summed E-state index contributed by atoms with van der Waals surface area (Å²) in [7, 11) is 0. The van der Waals surface area contributed by atoms with Gasteiger partial charge in [0.1, 0.15) is 11.3 Å². The lowest BCUT2D eigenvalue weighted by molar-refractivity contribution is -0.144. The lowest BCUT2D eigenvalue weighted by Crippen LogP contribution is -2.56. The van der Waals surface area contributed by atoms with E-state index < -0.39 is 23.2 Å². The average molecular weight is 471 g/mol. The highest BCUT2D eigenvalue weighted by Crippen LogP contribution is 2.39. The van der Waals surface area contributed by atoms with E-state index in [1.807, 2.05) is 13.0 Å². The first-order valence-corrected chi connectivity index (χ1v) is 12.2. The zero-order chi connectivity index (χ0) is 24.5. The number of hydrogen-bond donors (Lipinski definition) is 2. The third kappa shape index (κ3) is 4.82. The molecule has 4 rings (SSSR count). The average Bonchev–Trinajstić information content (AvgIpc) is 2.83. The van der Waals surface area contributed by atoms with E-state index in [9.17, 15) is 19.5 Å². The Morgan fingerprint density at radius 1 is 1.32 bits per heavy atom. The highest BCUT2D eigenvalue weighted by Gasteiger charge is 2.43. The van der Waals surface area contributed by atoms with Crippen molar-refractivity contribution in [1.82, 2.24) is 10.2 Å². The van der Waals surface area contributed by atoms with Crippen molar-refractivity contribution >= 4 is 22.8 Å². The van der Waals surface area contributed by atoms with Crippen molar-refractivity contribution in [2.45, 2.75) is 71.0 Å². The van der Waals surface area contributed by atoms with Crippen molar-refractivity contribution in [3.63, 3.8) is 0 Å². The maximum Gasteiger partial charge on any atom is 0.336 e. The number of benzene rings is 1. The number of ether oxygens (including phenoxy) is 1. The number of rotatable bonds is 6. The number of amides is 2. The molecular formula is C26H34N2O6. The molecule has 2 aromatic rings. The zero-order valence-electron chi connectivity index (χ0n) is 20.2. The predicted octanol–water partition coefficient (Wildman–Crippen LogP) is 2.70. The van der Waals surface area contributed by atoms with Crippen LogP contribution in [-0.2, 0) is 16.0 Å². The van der Waals surface area contributed by atoms with E-state index in [1.165, 1.54) is 6.07 Å². The second-order valence-electron chi connectivity index (χ2n) is 9.62. The Kier molecular flexibility index (Phi) is 6.98. The summed E-state index contributed by atoms with van der Waals surface area (Å²) in [5.74, 6) is 0.0123. The molecule has 1 aromatic heterocycles. The molecular weight excluding hydrogens is 436 g/mol. The van der Waals surface area contributed by atoms with Crippen molar-refractivity contribution in [3.05, 3.63) is 39.7 Å². The summed E-state index contributed by atoms with van der Waals surface area (Å²) in [4.78, 5) is 39.0. The van der Waals surface area contributed by atoms with Gasteiger partial charge >= 0.3 is 5.63 Å². The fraction of sp³-hybridized carbons (Fsp3) is 0.577. The van der Waals surface area contributed by atoms with Crippen LogP contribution in [0, 0.1) is 12.8 Å². The molecule has 1 saturated heterocycles. The molecule has 2 amide bonds. The molecule has 0 spiro atoms. The molecule has 1 aromatic carbocycles. The molecule has 0 radical (unpaired) electrons. The van der Waals surface area contributed by atoms with Crippen LogP contribution >= 0.6 is 0 Å². The van der Waals surface area contributed by atoms with Crippen LogP contribution in [0.2, 0.25) is 0 Å². The SMILES string of the molecule is CCc1cc(=O)oc2c(C)c(O[C@@H](C)C(=O)NCC(=O)N3CC[C@]4(O)CCCC[C@@H]4C3)ccc12. The number of aliphatic hydroxyl groups is 1. The first-order valence-electron chi connectivity index (χ1n) is 12.2. The highest BCUT2D eigenvalue weighted by atomic mass is 16.5. The fourth-order valence-corrected chi connectivity index (χ4v) is 5.29. The van der Waals surface area contributed by atoms with Crippen LogP contribution in [0.1, 0.15) is 57.1 Å². The fourth-order valence-electron chi connectivity index (χ4n) is 5.29. The van der Waals surface area contributed by atoms with Gasteiger partial charge in [-0.05, 0) is 57.2 Å². The minimum Gasteiger partial charge on any atom is -0.480 e. The van der Waals surface area contributed by atoms with Crippen LogP contribution in [0.5, 0.6) is 5.75 Å². The lowest BCUT2D eigenvalue weighted by atomic mass is 9.71. The number of carbonyl (C=O) groups is 2. The maximum atomic E-state index is 12.7. The first kappa shape index (κ1) is 24.3. The van der Waals surface area contributed by atoms with Gasteiger partial charge in [0.05, 0.1) is 12.1 Å². The quantitative estimate of drug-likeness (QED) is 0.629. The number of nitrogens with one attached hydrogen (secondary N) is 1. The number of likely N-dealkylation sites (tertiary alicyclic amines) is 1. The summed E-state index contributed by atoms with van der Waals surface area (Å²) >= 11 is 0. The van der Waals surface area contributed by atoms with Gasteiger partial charge in [-0.1, -0.05) is 19.8 Å². The molecule has 2 heterocycles. The number of fused-ring (bicyclic) bond motifs is 2. The molecule has 3 atom stereocenters. The first-order chi connectivity index (χ1) is 16.2. The molecule has 1 saturated carbocycles. The Hall–Kier alpha value is -2.87. The highest BCUT2D eigenvalue weighted by molar-refractivity contribution is 5.88. The van der Waals surface area contributed by atoms with Gasteiger partial charge in [-0.25, -0.2) is 4.79 Å². The van der Waals surface area contributed by atoms with Crippen LogP contribution in [0.4, 0.5) is 0 Å². The molecule has 1 aliphatic heterocycles. The topological polar surface area (TPSA) is 109 Å². The number of hydrogen-bond acceptors (Lipinski definition) is 6. The Labute approximate surface area is 199 Å². The van der Waals surface area contributed by atoms with Gasteiger partial charge in [-0.15, -0.1) is 0 Å². The van der Waals surface area contributed by atoms with Gasteiger partial charge in [0.15, 0.2) is 6.10 Å². The molecule has 0 unspecified atom stereocenters. The monoisotopic (exact) mass is 470 g/mol. The summed E-state index contributed by atoms with van der Waals surface area (Å²) < 4.78 is 11.3. The predicted molar refractivity (Wildman–Crippen MR) is 128 cm³/mol. The van der Waals surface area contributed by atoms with E-state index in [2.05, 4.69) is 5.32 Å². The Bertz CT molecular complexity index is 1140. The van der Waals surface area contributed by atoms with Crippen LogP contribution in [0.25, 0.3) is 11.0 Å². The lowest BCUT2D eigenvalue weighted by Gasteiger charge is -2.47. The summed E-state index contributed by atoms with van der Waals surface area (Å²) in [5, 5.41) is 14.3. The molecule has 2 N–H and O–H groups in total. The van der Waals surface area contributed by atoms with Crippen molar-refractivity contribution in [2.24, 2.45) is 5.92 Å². The van der Waals surface area contributed by atoms with Gasteiger partial charge in [-0.2, -0.15) is 0 Å². The second kappa shape index (κ2) is 9.78. The van der Waals surface area contributed by atoms with E-state index in [0.717, 1.165) is 36.6 Å². The normalized spacial score (nSPS) is 23.3. The third-order valence-electron chi connectivity index (χ3n) is 7.44. The Morgan fingerprint density at radius 3 is 2.88 bits per heavy atom. The molecule has 184 valence electrons. The number of aryl methyl sites for hydroxylation is 2. The molecule has 8 nitrogen and oxygen atoms in total. The van der Waals surface area contributed by atoms with E-state index >= 15 is 0 Å². The minimum absolute atomic E-state index is 0.108. The second-order valence-corrected chi connectivity index (χ2v) is 9.62. The molecule has 0 bridgehead atoms. The molecule has 8 heteroatoms. The standard InChI is InChI=1S/C26H34N2O6/c1-4-18-13-23(30)34-24-16(2)21(9-8-20(18)24)33-17(3)25(31)27-14-22(29)28-12-11-26(32)10-6-5-7-19(26)15-28/h8-9,13,17,19,32H,4-7,10-12,14-15H2,1-3H3,(H,27,31)/t17-,19+,26+/m0/s1. The van der Waals surface area contributed by atoms with Crippen LogP contribution in [0.15, 0.2) is 27.4 Å². The van der Waals surface area contributed by atoms with Gasteiger partial charge < -0.3 is 24.5 Å². The molecule has 1 aliphatic carbocycles. The van der Waals surface area contributed by atoms with Crippen LogP contribution in [0.3, 0.4) is 0 Å². The van der Waals surface area contributed by atoms with Crippen LogP contribution < -0.4 is 15.7 Å². The van der Waals surface area contributed by atoms with Gasteiger partial charge in [0.2, 0.25) is 5.91 Å². The number of piperidine rings is 1. The largest absolute Gasteiger partial charge is 0.480 e. The van der Waals surface area contributed by atoms with E-state index in [4.69, 9.17) is 9.15 Å². The summed E-state index contributed by atoms with van der Waals surface area (Å²) in [6.07, 6.45) is 4.31. The van der Waals surface area contributed by atoms with Crippen molar-refractivity contribution < 1.29 is 23.8 Å². The Morgan fingerprint density at radius 2 is 2.12 bits per heavy atom. The minimum atomic E-state index is -0.838. The van der Waals surface area contributed by atoms with Gasteiger partial charge in [0, 0.05) is 36.0 Å². The summed E-state index contributed by atoms with van der Waals surface area (Å²) in [6, 6.07) is 5.09. The summed E-state index contributed by atoms with van der Waals surface area (Å²) in [6.45, 7) is 6.32. The molecule has 34 heavy (non-hydrogen) atoms. The van der Waals surface area contributed by atoms with E-state index in [-0.39, 0.29) is 18.4 Å². The van der Waals surface area contributed by atoms with Crippen LogP contribution in [-0.4, -0.2) is 53.2 Å². The third-order valence-corrected chi connectivity index (χ3v) is 7.44. The van der Waals surface area contributed by atoms with Gasteiger partial charge in [-0.3, -0.25) is 9.59 Å². The maximum absolute atomic E-state index is 12.7.